The molecule has 0 unspecified atom stereocenters. The predicted molar refractivity (Wildman–Crippen MR) is 96.6 cm³/mol. The molecule has 0 spiro atoms. The third-order valence-electron chi connectivity index (χ3n) is 3.61. The maximum absolute atomic E-state index is 3.74. The zero-order valence-corrected chi connectivity index (χ0v) is 15.9. The first-order valence-corrected chi connectivity index (χ1v) is 8.89. The lowest BCUT2D eigenvalue weighted by Crippen LogP contribution is -2.35. The Kier molecular flexibility index (Phi) is 7.93. The van der Waals surface area contributed by atoms with Crippen molar-refractivity contribution in [1.29, 1.82) is 0 Å². The first-order valence-electron chi connectivity index (χ1n) is 8.10. The molecule has 0 aromatic heterocycles. The van der Waals surface area contributed by atoms with Gasteiger partial charge in [-0.15, -0.1) is 0 Å². The normalized spacial score (nSPS) is 12.1. The number of nitrogens with zero attached hydrogens (tertiary/aromatic N) is 1. The van der Waals surface area contributed by atoms with Gasteiger partial charge >= 0.3 is 0 Å². The van der Waals surface area contributed by atoms with Gasteiger partial charge in [-0.05, 0) is 57.5 Å². The van der Waals surface area contributed by atoms with E-state index in [1.54, 1.807) is 0 Å². The highest BCUT2D eigenvalue weighted by molar-refractivity contribution is 9.10. The third kappa shape index (κ3) is 7.44. The Morgan fingerprint density at radius 1 is 1.19 bits per heavy atom. The smallest absolute Gasteiger partial charge is 0.0244 e. The number of halogens is 1. The molecule has 0 amide bonds. The van der Waals surface area contributed by atoms with Crippen LogP contribution in [0.15, 0.2) is 22.7 Å². The summed E-state index contributed by atoms with van der Waals surface area (Å²) in [5.41, 5.74) is 2.87. The van der Waals surface area contributed by atoms with E-state index in [-0.39, 0.29) is 5.54 Å². The standard InChI is InChI=1S/C18H31BrN2/c1-6-8-11-21(7-2)14-16-10-9-15(12-17(16)19)13-20-18(3,4)5/h9-10,12,20H,6-8,11,13-14H2,1-5H3. The summed E-state index contributed by atoms with van der Waals surface area (Å²) in [6.07, 6.45) is 2.54. The largest absolute Gasteiger partial charge is 0.308 e. The minimum Gasteiger partial charge on any atom is -0.308 e. The number of hydrogen-bond donors (Lipinski definition) is 1. The Labute approximate surface area is 139 Å². The van der Waals surface area contributed by atoms with Gasteiger partial charge in [-0.25, -0.2) is 0 Å². The highest BCUT2D eigenvalue weighted by Gasteiger charge is 2.10. The van der Waals surface area contributed by atoms with Crippen molar-refractivity contribution in [2.45, 2.75) is 66.1 Å². The molecule has 0 atom stereocenters. The van der Waals surface area contributed by atoms with E-state index in [4.69, 9.17) is 0 Å². The molecule has 0 saturated carbocycles. The highest BCUT2D eigenvalue weighted by atomic mass is 79.9. The SMILES string of the molecule is CCCCN(CC)Cc1ccc(CNC(C)(C)C)cc1Br. The lowest BCUT2D eigenvalue weighted by Gasteiger charge is -2.22. The van der Waals surface area contributed by atoms with E-state index in [2.05, 4.69) is 79.0 Å². The fourth-order valence-corrected chi connectivity index (χ4v) is 2.72. The molecule has 2 nitrogen and oxygen atoms in total. The van der Waals surface area contributed by atoms with Gasteiger partial charge in [0.15, 0.2) is 0 Å². The monoisotopic (exact) mass is 354 g/mol. The topological polar surface area (TPSA) is 15.3 Å². The van der Waals surface area contributed by atoms with Crippen molar-refractivity contribution in [2.75, 3.05) is 13.1 Å². The van der Waals surface area contributed by atoms with Crippen LogP contribution in [0.3, 0.4) is 0 Å². The van der Waals surface area contributed by atoms with Gasteiger partial charge in [0.2, 0.25) is 0 Å². The summed E-state index contributed by atoms with van der Waals surface area (Å²) in [6, 6.07) is 6.76. The second-order valence-corrected chi connectivity index (χ2v) is 7.61. The van der Waals surface area contributed by atoms with Gasteiger partial charge in [0.1, 0.15) is 0 Å². The molecular weight excluding hydrogens is 324 g/mol. The van der Waals surface area contributed by atoms with Gasteiger partial charge in [0, 0.05) is 23.1 Å². The zero-order chi connectivity index (χ0) is 15.9. The molecule has 1 N–H and O–H groups in total. The van der Waals surface area contributed by atoms with Crippen LogP contribution >= 0.6 is 15.9 Å². The first-order chi connectivity index (χ1) is 9.85. The maximum atomic E-state index is 3.74. The molecule has 120 valence electrons. The van der Waals surface area contributed by atoms with E-state index < -0.39 is 0 Å². The van der Waals surface area contributed by atoms with Gasteiger partial charge < -0.3 is 5.32 Å². The average Bonchev–Trinajstić information content (AvgIpc) is 2.42. The van der Waals surface area contributed by atoms with E-state index >= 15 is 0 Å². The molecule has 0 aliphatic carbocycles. The Hall–Kier alpha value is -0.380. The fraction of sp³-hybridized carbons (Fsp3) is 0.667. The number of hydrogen-bond acceptors (Lipinski definition) is 2. The van der Waals surface area contributed by atoms with Crippen molar-refractivity contribution in [3.05, 3.63) is 33.8 Å². The Balaban J connectivity index is 2.64. The zero-order valence-electron chi connectivity index (χ0n) is 14.3. The van der Waals surface area contributed by atoms with Crippen LogP contribution in [0.4, 0.5) is 0 Å². The van der Waals surface area contributed by atoms with Crippen molar-refractivity contribution in [1.82, 2.24) is 10.2 Å². The van der Waals surface area contributed by atoms with Gasteiger partial charge in [-0.2, -0.15) is 0 Å². The lowest BCUT2D eigenvalue weighted by atomic mass is 10.1. The van der Waals surface area contributed by atoms with Gasteiger partial charge in [0.25, 0.3) is 0 Å². The number of rotatable bonds is 8. The number of benzene rings is 1. The molecule has 1 aromatic rings. The van der Waals surface area contributed by atoms with Crippen LogP contribution in [0.2, 0.25) is 0 Å². The Morgan fingerprint density at radius 2 is 1.90 bits per heavy atom. The quantitative estimate of drug-likeness (QED) is 0.709. The summed E-state index contributed by atoms with van der Waals surface area (Å²) in [5.74, 6) is 0. The molecular formula is C18H31BrN2. The second kappa shape index (κ2) is 8.92. The van der Waals surface area contributed by atoms with Crippen LogP contribution in [0.5, 0.6) is 0 Å². The van der Waals surface area contributed by atoms with E-state index in [0.29, 0.717) is 0 Å². The van der Waals surface area contributed by atoms with E-state index in [1.807, 2.05) is 0 Å². The molecule has 1 aromatic carbocycles. The lowest BCUT2D eigenvalue weighted by molar-refractivity contribution is 0.275. The molecule has 0 saturated heterocycles. The summed E-state index contributed by atoms with van der Waals surface area (Å²) in [7, 11) is 0. The van der Waals surface area contributed by atoms with Gasteiger partial charge in [0.05, 0.1) is 0 Å². The molecule has 0 aliphatic heterocycles. The Bertz CT molecular complexity index is 424. The number of unbranched alkanes of at least 4 members (excludes halogenated alkanes) is 1. The third-order valence-corrected chi connectivity index (χ3v) is 4.35. The van der Waals surface area contributed by atoms with Crippen molar-refractivity contribution in [3.8, 4) is 0 Å². The molecule has 0 radical (unpaired) electrons. The predicted octanol–water partition coefficient (Wildman–Crippen LogP) is 4.96. The molecule has 21 heavy (non-hydrogen) atoms. The van der Waals surface area contributed by atoms with E-state index in [9.17, 15) is 0 Å². The highest BCUT2D eigenvalue weighted by Crippen LogP contribution is 2.21. The van der Waals surface area contributed by atoms with Crippen molar-refractivity contribution < 1.29 is 0 Å². The van der Waals surface area contributed by atoms with Crippen LogP contribution in [-0.4, -0.2) is 23.5 Å². The summed E-state index contributed by atoms with van der Waals surface area (Å²) in [6.45, 7) is 15.3. The van der Waals surface area contributed by atoms with Crippen LogP contribution in [0, 0.1) is 0 Å². The van der Waals surface area contributed by atoms with Crippen LogP contribution in [0.25, 0.3) is 0 Å². The molecule has 3 heteroatoms. The molecule has 0 heterocycles. The fourth-order valence-electron chi connectivity index (χ4n) is 2.17. The van der Waals surface area contributed by atoms with Gasteiger partial charge in [-0.1, -0.05) is 48.3 Å². The van der Waals surface area contributed by atoms with Gasteiger partial charge in [-0.3, -0.25) is 4.90 Å². The molecule has 0 aliphatic rings. The van der Waals surface area contributed by atoms with Crippen molar-refractivity contribution >= 4 is 15.9 Å². The second-order valence-electron chi connectivity index (χ2n) is 6.75. The molecule has 1 rings (SSSR count). The summed E-state index contributed by atoms with van der Waals surface area (Å²) in [5, 5.41) is 3.53. The van der Waals surface area contributed by atoms with Crippen molar-refractivity contribution in [2.24, 2.45) is 0 Å². The number of nitrogens with one attached hydrogen (secondary N) is 1. The summed E-state index contributed by atoms with van der Waals surface area (Å²) in [4.78, 5) is 2.51. The summed E-state index contributed by atoms with van der Waals surface area (Å²) >= 11 is 3.74. The van der Waals surface area contributed by atoms with E-state index in [1.165, 1.54) is 35.0 Å². The minimum atomic E-state index is 0.157. The maximum Gasteiger partial charge on any atom is 0.0244 e. The molecule has 0 fully saturated rings. The van der Waals surface area contributed by atoms with E-state index in [0.717, 1.165) is 19.6 Å². The summed E-state index contributed by atoms with van der Waals surface area (Å²) < 4.78 is 1.23. The first kappa shape index (κ1) is 18.7. The minimum absolute atomic E-state index is 0.157. The van der Waals surface area contributed by atoms with Crippen LogP contribution in [-0.2, 0) is 13.1 Å². The molecule has 0 bridgehead atoms. The Morgan fingerprint density at radius 3 is 2.43 bits per heavy atom. The van der Waals surface area contributed by atoms with Crippen LogP contribution in [0.1, 0.15) is 58.6 Å². The van der Waals surface area contributed by atoms with Crippen molar-refractivity contribution in [3.63, 3.8) is 0 Å². The van der Waals surface area contributed by atoms with Crippen LogP contribution < -0.4 is 5.32 Å². The average molecular weight is 355 g/mol.